The predicted octanol–water partition coefficient (Wildman–Crippen LogP) is 2.93. The summed E-state index contributed by atoms with van der Waals surface area (Å²) in [6.07, 6.45) is 5.10. The van der Waals surface area contributed by atoms with Gasteiger partial charge in [-0.3, -0.25) is 9.79 Å². The van der Waals surface area contributed by atoms with Crippen molar-refractivity contribution >= 4 is 47.2 Å². The number of guanidine groups is 1. The molecule has 1 aromatic heterocycles. The Morgan fingerprint density at radius 1 is 1.28 bits per heavy atom. The second kappa shape index (κ2) is 10.9. The standard InChI is InChI=1S/C17H29N5OS.HI/c1-4-17(7-6-8-17)11-21-16(18-5-2)20-10-9-19-15(23)14-13(3)22-12-24-14;/h12H,4-11H2,1-3H3,(H,19,23)(H2,18,20,21);1H. The van der Waals surface area contributed by atoms with E-state index in [9.17, 15) is 4.79 Å². The average Bonchev–Trinajstić information content (AvgIpc) is 2.96. The fourth-order valence-corrected chi connectivity index (χ4v) is 3.56. The van der Waals surface area contributed by atoms with E-state index in [4.69, 9.17) is 4.99 Å². The molecule has 0 spiro atoms. The highest BCUT2D eigenvalue weighted by Gasteiger charge is 2.34. The van der Waals surface area contributed by atoms with Crippen LogP contribution in [0.15, 0.2) is 10.5 Å². The van der Waals surface area contributed by atoms with Crippen molar-refractivity contribution in [1.82, 2.24) is 20.9 Å². The van der Waals surface area contributed by atoms with E-state index in [1.54, 1.807) is 5.51 Å². The number of nitrogens with zero attached hydrogens (tertiary/aromatic N) is 2. The first-order valence-corrected chi connectivity index (χ1v) is 9.68. The second-order valence-electron chi connectivity index (χ2n) is 6.35. The Hall–Kier alpha value is -0.900. The van der Waals surface area contributed by atoms with Gasteiger partial charge in [-0.1, -0.05) is 13.3 Å². The summed E-state index contributed by atoms with van der Waals surface area (Å²) in [7, 11) is 0. The smallest absolute Gasteiger partial charge is 0.263 e. The maximum atomic E-state index is 12.0. The van der Waals surface area contributed by atoms with E-state index in [0.717, 1.165) is 24.7 Å². The molecule has 8 heteroatoms. The van der Waals surface area contributed by atoms with Crippen LogP contribution in [0.4, 0.5) is 0 Å². The lowest BCUT2D eigenvalue weighted by molar-refractivity contribution is 0.0957. The van der Waals surface area contributed by atoms with Crippen molar-refractivity contribution in [2.45, 2.75) is 46.5 Å². The molecule has 1 fully saturated rings. The van der Waals surface area contributed by atoms with Crippen LogP contribution in [0.3, 0.4) is 0 Å². The fraction of sp³-hybridized carbons (Fsp3) is 0.706. The van der Waals surface area contributed by atoms with Crippen molar-refractivity contribution in [2.75, 3.05) is 26.2 Å². The zero-order chi connectivity index (χ0) is 17.4. The van der Waals surface area contributed by atoms with Crippen LogP contribution >= 0.6 is 35.3 Å². The molecule has 1 heterocycles. The summed E-state index contributed by atoms with van der Waals surface area (Å²) >= 11 is 1.37. The number of aliphatic imine (C=N–C) groups is 1. The van der Waals surface area contributed by atoms with Gasteiger partial charge in [0.2, 0.25) is 0 Å². The summed E-state index contributed by atoms with van der Waals surface area (Å²) in [5.41, 5.74) is 2.90. The van der Waals surface area contributed by atoms with Gasteiger partial charge in [0.1, 0.15) is 4.88 Å². The van der Waals surface area contributed by atoms with Crippen molar-refractivity contribution in [1.29, 1.82) is 0 Å². The number of carbonyl (C=O) groups excluding carboxylic acids is 1. The molecule has 0 unspecified atom stereocenters. The van der Waals surface area contributed by atoms with Gasteiger partial charge in [0.25, 0.3) is 5.91 Å². The van der Waals surface area contributed by atoms with E-state index >= 15 is 0 Å². The first kappa shape index (κ1) is 22.1. The third-order valence-corrected chi connectivity index (χ3v) is 5.66. The van der Waals surface area contributed by atoms with Gasteiger partial charge in [-0.05, 0) is 38.5 Å². The highest BCUT2D eigenvalue weighted by atomic mass is 127. The molecule has 0 aromatic carbocycles. The van der Waals surface area contributed by atoms with E-state index in [2.05, 4.69) is 34.8 Å². The Kier molecular flexibility index (Phi) is 9.70. The maximum Gasteiger partial charge on any atom is 0.263 e. The van der Waals surface area contributed by atoms with E-state index in [1.165, 1.54) is 37.0 Å². The molecule has 2 rings (SSSR count). The highest BCUT2D eigenvalue weighted by molar-refractivity contribution is 14.0. The summed E-state index contributed by atoms with van der Waals surface area (Å²) in [6, 6.07) is 0. The molecule has 25 heavy (non-hydrogen) atoms. The minimum absolute atomic E-state index is 0. The first-order chi connectivity index (χ1) is 11.6. The number of hydrogen-bond acceptors (Lipinski definition) is 4. The molecule has 1 aromatic rings. The third-order valence-electron chi connectivity index (χ3n) is 4.74. The first-order valence-electron chi connectivity index (χ1n) is 8.80. The molecule has 0 bridgehead atoms. The van der Waals surface area contributed by atoms with Crippen LogP contribution in [0.25, 0.3) is 0 Å². The van der Waals surface area contributed by atoms with E-state index in [0.29, 0.717) is 23.4 Å². The van der Waals surface area contributed by atoms with Gasteiger partial charge in [-0.25, -0.2) is 4.98 Å². The van der Waals surface area contributed by atoms with E-state index in [1.807, 2.05) is 6.92 Å². The number of thiazole rings is 1. The van der Waals surface area contributed by atoms with E-state index in [-0.39, 0.29) is 29.9 Å². The highest BCUT2D eigenvalue weighted by Crippen LogP contribution is 2.43. The monoisotopic (exact) mass is 479 g/mol. The number of carbonyl (C=O) groups is 1. The molecule has 0 saturated heterocycles. The number of halogens is 1. The number of aryl methyl sites for hydroxylation is 1. The van der Waals surface area contributed by atoms with Gasteiger partial charge in [-0.2, -0.15) is 0 Å². The Balaban J connectivity index is 0.00000312. The minimum Gasteiger partial charge on any atom is -0.357 e. The number of hydrogen-bond donors (Lipinski definition) is 3. The van der Waals surface area contributed by atoms with Crippen LogP contribution in [0.2, 0.25) is 0 Å². The quantitative estimate of drug-likeness (QED) is 0.232. The zero-order valence-electron chi connectivity index (χ0n) is 15.4. The van der Waals surface area contributed by atoms with Crippen molar-refractivity contribution in [3.8, 4) is 0 Å². The minimum atomic E-state index is -0.0573. The summed E-state index contributed by atoms with van der Waals surface area (Å²) < 4.78 is 0. The predicted molar refractivity (Wildman–Crippen MR) is 115 cm³/mol. The van der Waals surface area contributed by atoms with Crippen LogP contribution in [0.1, 0.15) is 54.9 Å². The van der Waals surface area contributed by atoms with Crippen LogP contribution in [-0.4, -0.2) is 43.0 Å². The lowest BCUT2D eigenvalue weighted by atomic mass is 9.67. The topological polar surface area (TPSA) is 78.4 Å². The van der Waals surface area contributed by atoms with Crippen molar-refractivity contribution in [2.24, 2.45) is 10.4 Å². The molecule has 0 atom stereocenters. The van der Waals surface area contributed by atoms with Crippen LogP contribution in [-0.2, 0) is 0 Å². The molecule has 1 aliphatic carbocycles. The Labute approximate surface area is 171 Å². The molecule has 142 valence electrons. The molecule has 0 radical (unpaired) electrons. The number of amides is 1. The summed E-state index contributed by atoms with van der Waals surface area (Å²) in [4.78, 5) is 21.5. The Morgan fingerprint density at radius 2 is 2.00 bits per heavy atom. The van der Waals surface area contributed by atoms with Crippen LogP contribution in [0, 0.1) is 12.3 Å². The lowest BCUT2D eigenvalue weighted by Gasteiger charge is -2.40. The number of rotatable bonds is 8. The fourth-order valence-electron chi connectivity index (χ4n) is 2.85. The van der Waals surface area contributed by atoms with Crippen molar-refractivity contribution < 1.29 is 4.79 Å². The molecule has 1 amide bonds. The largest absolute Gasteiger partial charge is 0.357 e. The molecule has 1 saturated carbocycles. The number of nitrogens with one attached hydrogen (secondary N) is 3. The third kappa shape index (κ3) is 6.40. The van der Waals surface area contributed by atoms with Crippen LogP contribution < -0.4 is 16.0 Å². The lowest BCUT2D eigenvalue weighted by Crippen LogP contribution is -2.42. The number of aromatic nitrogens is 1. The zero-order valence-corrected chi connectivity index (χ0v) is 18.5. The van der Waals surface area contributed by atoms with Gasteiger partial charge < -0.3 is 16.0 Å². The van der Waals surface area contributed by atoms with Crippen LogP contribution in [0.5, 0.6) is 0 Å². The molecule has 0 aliphatic heterocycles. The molecular weight excluding hydrogens is 449 g/mol. The molecule has 6 nitrogen and oxygen atoms in total. The molecule has 3 N–H and O–H groups in total. The second-order valence-corrected chi connectivity index (χ2v) is 7.21. The average molecular weight is 479 g/mol. The Morgan fingerprint density at radius 3 is 2.52 bits per heavy atom. The van der Waals surface area contributed by atoms with Gasteiger partial charge in [-0.15, -0.1) is 35.3 Å². The molecular formula is C17H30IN5OS. The van der Waals surface area contributed by atoms with E-state index < -0.39 is 0 Å². The Bertz CT molecular complexity index is 566. The van der Waals surface area contributed by atoms with Crippen molar-refractivity contribution in [3.05, 3.63) is 16.1 Å². The SMILES string of the molecule is CCNC(=NCC1(CC)CCC1)NCCNC(=O)c1scnc1C.I. The summed E-state index contributed by atoms with van der Waals surface area (Å²) in [5.74, 6) is 0.776. The van der Waals surface area contributed by atoms with Gasteiger partial charge >= 0.3 is 0 Å². The van der Waals surface area contributed by atoms with Gasteiger partial charge in [0.05, 0.1) is 11.2 Å². The van der Waals surface area contributed by atoms with Crippen molar-refractivity contribution in [3.63, 3.8) is 0 Å². The summed E-state index contributed by atoms with van der Waals surface area (Å²) in [6.45, 7) is 9.08. The maximum absolute atomic E-state index is 12.0. The molecule has 1 aliphatic rings. The van der Waals surface area contributed by atoms with Gasteiger partial charge in [0, 0.05) is 26.2 Å². The normalized spacial score (nSPS) is 15.7. The summed E-state index contributed by atoms with van der Waals surface area (Å²) in [5, 5.41) is 9.48. The van der Waals surface area contributed by atoms with Gasteiger partial charge in [0.15, 0.2) is 5.96 Å².